The van der Waals surface area contributed by atoms with E-state index in [2.05, 4.69) is 15.2 Å². The van der Waals surface area contributed by atoms with Crippen LogP contribution in [0.15, 0.2) is 71.6 Å². The van der Waals surface area contributed by atoms with Gasteiger partial charge in [-0.1, -0.05) is 6.07 Å². The largest absolute Gasteiger partial charge is 0.494 e. The highest BCUT2D eigenvalue weighted by Crippen LogP contribution is 2.45. The minimum Gasteiger partial charge on any atom is -0.494 e. The fourth-order valence-corrected chi connectivity index (χ4v) is 3.74. The molecule has 3 aromatic heterocycles. The zero-order valence-corrected chi connectivity index (χ0v) is 16.9. The first-order valence-corrected chi connectivity index (χ1v) is 9.36. The quantitative estimate of drug-likeness (QED) is 0.506. The van der Waals surface area contributed by atoms with Gasteiger partial charge < -0.3 is 9.15 Å². The Labute approximate surface area is 179 Å². The number of aromatic nitrogens is 3. The van der Waals surface area contributed by atoms with Crippen molar-refractivity contribution in [2.45, 2.75) is 13.0 Å². The van der Waals surface area contributed by atoms with Gasteiger partial charge in [-0.25, -0.2) is 0 Å². The number of ether oxygens (including phenoxy) is 1. The number of hydrogen-bond donors (Lipinski definition) is 1. The molecule has 1 amide bonds. The number of carbonyl (C=O) groups is 1. The summed E-state index contributed by atoms with van der Waals surface area (Å²) in [6, 6.07) is 14.6. The summed E-state index contributed by atoms with van der Waals surface area (Å²) in [6.45, 7) is 2.52. The lowest BCUT2D eigenvalue weighted by Gasteiger charge is -2.26. The van der Waals surface area contributed by atoms with Gasteiger partial charge in [-0.05, 0) is 55.0 Å². The average Bonchev–Trinajstić information content (AvgIpc) is 3.47. The molecular formula is C22H19ClN4O3. The maximum atomic E-state index is 13.3. The predicted octanol–water partition coefficient (Wildman–Crippen LogP) is 4.64. The molecule has 0 radical (unpaired) electrons. The van der Waals surface area contributed by atoms with Crippen molar-refractivity contribution in [3.05, 3.63) is 84.0 Å². The predicted molar refractivity (Wildman–Crippen MR) is 114 cm³/mol. The summed E-state index contributed by atoms with van der Waals surface area (Å²) in [5, 5.41) is 7.29. The van der Waals surface area contributed by atoms with E-state index in [4.69, 9.17) is 9.15 Å². The number of hydrogen-bond acceptors (Lipinski definition) is 5. The fourth-order valence-electron chi connectivity index (χ4n) is 3.74. The number of nitrogens with one attached hydrogen (secondary N) is 1. The first-order valence-electron chi connectivity index (χ1n) is 9.36. The van der Waals surface area contributed by atoms with Crippen LogP contribution >= 0.6 is 12.4 Å². The van der Waals surface area contributed by atoms with Crippen LogP contribution in [0.25, 0.3) is 11.5 Å². The van der Waals surface area contributed by atoms with Gasteiger partial charge in [0.2, 0.25) is 0 Å². The molecule has 1 N–H and O–H groups in total. The Hall–Kier alpha value is -3.58. The van der Waals surface area contributed by atoms with Gasteiger partial charge >= 0.3 is 0 Å². The number of furan rings is 1. The molecule has 4 heterocycles. The summed E-state index contributed by atoms with van der Waals surface area (Å²) < 4.78 is 11.1. The summed E-state index contributed by atoms with van der Waals surface area (Å²) in [7, 11) is 0. The average molecular weight is 423 g/mol. The summed E-state index contributed by atoms with van der Waals surface area (Å²) in [4.78, 5) is 19.3. The normalized spacial score (nSPS) is 15.0. The summed E-state index contributed by atoms with van der Waals surface area (Å²) in [5.41, 5.74) is 3.52. The molecule has 1 unspecified atom stereocenters. The van der Waals surface area contributed by atoms with Crippen LogP contribution in [0.1, 0.15) is 34.6 Å². The standard InChI is InChI=1S/C22H18N4O3.ClH/c1-2-28-16-9-7-15(8-10-16)26-21(14-5-3-11-23-13-14)18-19(17-6-4-12-29-17)24-25-20(18)22(26)27;/h3-13,21H,2H2,1H3,(H,24,25);1H. The third kappa shape index (κ3) is 3.13. The third-order valence-corrected chi connectivity index (χ3v) is 4.95. The number of H-pyrrole nitrogens is 1. The van der Waals surface area contributed by atoms with Gasteiger partial charge in [-0.2, -0.15) is 5.10 Å². The van der Waals surface area contributed by atoms with E-state index in [0.717, 1.165) is 22.6 Å². The number of pyridine rings is 1. The Morgan fingerprint density at radius 2 is 2.00 bits per heavy atom. The lowest BCUT2D eigenvalue weighted by Crippen LogP contribution is -2.29. The van der Waals surface area contributed by atoms with Crippen molar-refractivity contribution in [3.63, 3.8) is 0 Å². The highest BCUT2D eigenvalue weighted by atomic mass is 35.5. The number of aromatic amines is 1. The second-order valence-corrected chi connectivity index (χ2v) is 6.63. The second-order valence-electron chi connectivity index (χ2n) is 6.63. The topological polar surface area (TPSA) is 84.2 Å². The number of halogens is 1. The molecule has 152 valence electrons. The maximum Gasteiger partial charge on any atom is 0.280 e. The molecule has 1 aromatic carbocycles. The Balaban J connectivity index is 0.00000218. The molecule has 1 atom stereocenters. The molecule has 0 bridgehead atoms. The Morgan fingerprint density at radius 3 is 2.67 bits per heavy atom. The SMILES string of the molecule is CCOc1ccc(N2C(=O)c3n[nH]c(-c4ccco4)c3C2c2cccnc2)cc1.Cl. The molecule has 0 saturated carbocycles. The smallest absolute Gasteiger partial charge is 0.280 e. The van der Waals surface area contributed by atoms with Gasteiger partial charge in [0.1, 0.15) is 11.4 Å². The molecule has 1 aliphatic rings. The van der Waals surface area contributed by atoms with Crippen LogP contribution in [0.5, 0.6) is 5.75 Å². The molecule has 0 aliphatic carbocycles. The van der Waals surface area contributed by atoms with E-state index in [9.17, 15) is 4.79 Å². The second kappa shape index (κ2) is 8.04. The van der Waals surface area contributed by atoms with E-state index >= 15 is 0 Å². The summed E-state index contributed by atoms with van der Waals surface area (Å²) in [6.07, 6.45) is 5.08. The minimum absolute atomic E-state index is 0. The van der Waals surface area contributed by atoms with Crippen molar-refractivity contribution >= 4 is 24.0 Å². The Morgan fingerprint density at radius 1 is 1.17 bits per heavy atom. The van der Waals surface area contributed by atoms with E-state index in [1.54, 1.807) is 23.6 Å². The van der Waals surface area contributed by atoms with E-state index < -0.39 is 0 Å². The monoisotopic (exact) mass is 422 g/mol. The number of fused-ring (bicyclic) bond motifs is 1. The van der Waals surface area contributed by atoms with E-state index in [1.165, 1.54) is 0 Å². The van der Waals surface area contributed by atoms with Crippen molar-refractivity contribution in [3.8, 4) is 17.2 Å². The molecular weight excluding hydrogens is 404 g/mol. The van der Waals surface area contributed by atoms with E-state index in [1.807, 2.05) is 55.5 Å². The van der Waals surface area contributed by atoms with Crippen molar-refractivity contribution < 1.29 is 13.9 Å². The van der Waals surface area contributed by atoms with Crippen LogP contribution in [0.3, 0.4) is 0 Å². The molecule has 8 heteroatoms. The van der Waals surface area contributed by atoms with Crippen molar-refractivity contribution in [1.29, 1.82) is 0 Å². The molecule has 0 spiro atoms. The Bertz CT molecular complexity index is 1140. The minimum atomic E-state index is -0.372. The molecule has 4 aromatic rings. The molecule has 30 heavy (non-hydrogen) atoms. The van der Waals surface area contributed by atoms with Gasteiger partial charge in [-0.3, -0.25) is 19.8 Å². The first-order chi connectivity index (χ1) is 14.3. The zero-order chi connectivity index (χ0) is 19.8. The summed E-state index contributed by atoms with van der Waals surface area (Å²) in [5.74, 6) is 1.22. The molecule has 0 fully saturated rings. The molecule has 1 aliphatic heterocycles. The van der Waals surface area contributed by atoms with Gasteiger partial charge in [0, 0.05) is 23.6 Å². The van der Waals surface area contributed by atoms with E-state index in [0.29, 0.717) is 23.8 Å². The van der Waals surface area contributed by atoms with Crippen LogP contribution in [0, 0.1) is 0 Å². The van der Waals surface area contributed by atoms with Crippen molar-refractivity contribution in [2.24, 2.45) is 0 Å². The third-order valence-electron chi connectivity index (χ3n) is 4.95. The number of benzene rings is 1. The van der Waals surface area contributed by atoms with Crippen molar-refractivity contribution in [2.75, 3.05) is 11.5 Å². The lowest BCUT2D eigenvalue weighted by molar-refractivity contribution is 0.0988. The zero-order valence-electron chi connectivity index (χ0n) is 16.1. The molecule has 5 rings (SSSR count). The van der Waals surface area contributed by atoms with Gasteiger partial charge in [0.15, 0.2) is 11.5 Å². The molecule has 0 saturated heterocycles. The highest BCUT2D eigenvalue weighted by Gasteiger charge is 2.43. The molecule has 7 nitrogen and oxygen atoms in total. The highest BCUT2D eigenvalue weighted by molar-refractivity contribution is 6.11. The number of amides is 1. The maximum absolute atomic E-state index is 13.3. The van der Waals surface area contributed by atoms with Crippen molar-refractivity contribution in [1.82, 2.24) is 15.2 Å². The number of anilines is 1. The number of carbonyl (C=O) groups excluding carboxylic acids is 1. The first kappa shape index (κ1) is 19.7. The van der Waals surface area contributed by atoms with Gasteiger partial charge in [-0.15, -0.1) is 12.4 Å². The Kier molecular flexibility index (Phi) is 5.29. The van der Waals surface area contributed by atoms with Crippen LogP contribution in [0.2, 0.25) is 0 Å². The van der Waals surface area contributed by atoms with Crippen LogP contribution in [0.4, 0.5) is 5.69 Å². The van der Waals surface area contributed by atoms with Gasteiger partial charge in [0.05, 0.1) is 18.9 Å². The van der Waals surface area contributed by atoms with Gasteiger partial charge in [0.25, 0.3) is 5.91 Å². The lowest BCUT2D eigenvalue weighted by atomic mass is 9.99. The fraction of sp³-hybridized carbons (Fsp3) is 0.136. The number of rotatable bonds is 5. The van der Waals surface area contributed by atoms with Crippen LogP contribution in [-0.2, 0) is 0 Å². The van der Waals surface area contributed by atoms with Crippen LogP contribution < -0.4 is 9.64 Å². The van der Waals surface area contributed by atoms with E-state index in [-0.39, 0.29) is 24.4 Å². The van der Waals surface area contributed by atoms with Crippen LogP contribution in [-0.4, -0.2) is 27.7 Å². The summed E-state index contributed by atoms with van der Waals surface area (Å²) >= 11 is 0. The number of nitrogens with zero attached hydrogens (tertiary/aromatic N) is 3.